The predicted octanol–water partition coefficient (Wildman–Crippen LogP) is 0.566. The van der Waals surface area contributed by atoms with E-state index in [-0.39, 0.29) is 5.25 Å². The van der Waals surface area contributed by atoms with Gasteiger partial charge in [0.2, 0.25) is 10.0 Å². The lowest BCUT2D eigenvalue weighted by atomic mass is 10.3. The first kappa shape index (κ1) is 11.1. The predicted molar refractivity (Wildman–Crippen MR) is 64.7 cm³/mol. The maximum Gasteiger partial charge on any atom is 0.235 e. The van der Waals surface area contributed by atoms with E-state index in [1.165, 1.54) is 11.0 Å². The maximum absolute atomic E-state index is 11.8. The molecular formula is C10H11N5O2S. The lowest BCUT2D eigenvalue weighted by molar-refractivity contribution is 0.600. The molecule has 2 aromatic rings. The summed E-state index contributed by atoms with van der Waals surface area (Å²) >= 11 is 0. The van der Waals surface area contributed by atoms with Crippen LogP contribution >= 0.6 is 0 Å². The highest BCUT2D eigenvalue weighted by Gasteiger charge is 2.35. The molecular weight excluding hydrogens is 254 g/mol. The van der Waals surface area contributed by atoms with E-state index in [1.54, 1.807) is 24.3 Å². The molecule has 94 valence electrons. The topological polar surface area (TPSA) is 89.8 Å². The van der Waals surface area contributed by atoms with Crippen molar-refractivity contribution in [1.82, 2.24) is 20.2 Å². The molecule has 0 saturated heterocycles. The van der Waals surface area contributed by atoms with E-state index in [2.05, 4.69) is 20.2 Å². The van der Waals surface area contributed by atoms with Gasteiger partial charge in [-0.25, -0.2) is 13.1 Å². The van der Waals surface area contributed by atoms with Crippen molar-refractivity contribution in [3.8, 4) is 5.69 Å². The number of benzene rings is 1. The Hall–Kier alpha value is -1.96. The van der Waals surface area contributed by atoms with Crippen LogP contribution in [0.15, 0.2) is 30.6 Å². The Kier molecular flexibility index (Phi) is 2.51. The molecule has 0 unspecified atom stereocenters. The van der Waals surface area contributed by atoms with Gasteiger partial charge < -0.3 is 0 Å². The molecule has 3 rings (SSSR count). The van der Waals surface area contributed by atoms with Gasteiger partial charge >= 0.3 is 0 Å². The summed E-state index contributed by atoms with van der Waals surface area (Å²) in [6.45, 7) is 0. The molecule has 1 aromatic heterocycles. The first-order chi connectivity index (χ1) is 8.65. The first-order valence-corrected chi connectivity index (χ1v) is 7.05. The van der Waals surface area contributed by atoms with Crippen LogP contribution < -0.4 is 4.72 Å². The number of rotatable bonds is 4. The van der Waals surface area contributed by atoms with Gasteiger partial charge in [-0.15, -0.1) is 5.10 Å². The fourth-order valence-corrected chi connectivity index (χ4v) is 3.00. The summed E-state index contributed by atoms with van der Waals surface area (Å²) in [5.74, 6) is 0. The number of nitrogens with zero attached hydrogens (tertiary/aromatic N) is 4. The molecule has 1 aliphatic carbocycles. The number of sulfonamides is 1. The molecule has 1 fully saturated rings. The van der Waals surface area contributed by atoms with Crippen LogP contribution in [0.3, 0.4) is 0 Å². The monoisotopic (exact) mass is 265 g/mol. The normalized spacial score (nSPS) is 15.6. The van der Waals surface area contributed by atoms with Gasteiger partial charge in [0.25, 0.3) is 0 Å². The van der Waals surface area contributed by atoms with Gasteiger partial charge in [-0.05, 0) is 41.5 Å². The van der Waals surface area contributed by atoms with E-state index < -0.39 is 10.0 Å². The van der Waals surface area contributed by atoms with E-state index in [9.17, 15) is 8.42 Å². The molecule has 1 saturated carbocycles. The summed E-state index contributed by atoms with van der Waals surface area (Å²) in [5, 5.41) is 10.6. The number of anilines is 1. The number of aromatic nitrogens is 4. The van der Waals surface area contributed by atoms with Crippen molar-refractivity contribution in [3.63, 3.8) is 0 Å². The van der Waals surface area contributed by atoms with Crippen LogP contribution in [0.5, 0.6) is 0 Å². The molecule has 7 nitrogen and oxygen atoms in total. The number of nitrogens with one attached hydrogen (secondary N) is 1. The lowest BCUT2D eigenvalue weighted by Gasteiger charge is -2.08. The molecule has 18 heavy (non-hydrogen) atoms. The summed E-state index contributed by atoms with van der Waals surface area (Å²) in [6, 6.07) is 6.94. The number of tetrazole rings is 1. The maximum atomic E-state index is 11.8. The van der Waals surface area contributed by atoms with Crippen LogP contribution in [-0.4, -0.2) is 33.9 Å². The van der Waals surface area contributed by atoms with E-state index in [1.807, 2.05) is 0 Å². The molecule has 1 aliphatic rings. The van der Waals surface area contributed by atoms with Crippen LogP contribution in [0.1, 0.15) is 12.8 Å². The summed E-state index contributed by atoms with van der Waals surface area (Å²) in [5.41, 5.74) is 1.23. The molecule has 0 atom stereocenters. The van der Waals surface area contributed by atoms with Gasteiger partial charge in [0.05, 0.1) is 16.6 Å². The van der Waals surface area contributed by atoms with Crippen molar-refractivity contribution in [2.45, 2.75) is 18.1 Å². The molecule has 0 radical (unpaired) electrons. The van der Waals surface area contributed by atoms with E-state index >= 15 is 0 Å². The van der Waals surface area contributed by atoms with Gasteiger partial charge in [-0.1, -0.05) is 6.07 Å². The SMILES string of the molecule is O=S(=O)(Nc1cccc(-n2cnnn2)c1)C1CC1. The minimum Gasteiger partial charge on any atom is -0.283 e. The van der Waals surface area contributed by atoms with Crippen molar-refractivity contribution in [1.29, 1.82) is 0 Å². The second kappa shape index (κ2) is 4.05. The van der Waals surface area contributed by atoms with Crippen LogP contribution in [-0.2, 0) is 10.0 Å². The zero-order valence-electron chi connectivity index (χ0n) is 9.39. The average molecular weight is 265 g/mol. The molecule has 1 heterocycles. The third-order valence-corrected chi connectivity index (χ3v) is 4.55. The van der Waals surface area contributed by atoms with Crippen molar-refractivity contribution < 1.29 is 8.42 Å². The Morgan fingerprint density at radius 2 is 2.17 bits per heavy atom. The van der Waals surface area contributed by atoms with Gasteiger partial charge in [0, 0.05) is 0 Å². The molecule has 0 aliphatic heterocycles. The third-order valence-electron chi connectivity index (χ3n) is 2.68. The molecule has 0 bridgehead atoms. The highest BCUT2D eigenvalue weighted by atomic mass is 32.2. The smallest absolute Gasteiger partial charge is 0.235 e. The Bertz CT molecular complexity index is 649. The van der Waals surface area contributed by atoms with Crippen molar-refractivity contribution in [2.75, 3.05) is 4.72 Å². The van der Waals surface area contributed by atoms with Gasteiger partial charge in [-0.3, -0.25) is 4.72 Å². The fourth-order valence-electron chi connectivity index (χ4n) is 1.62. The molecule has 0 amide bonds. The van der Waals surface area contributed by atoms with Crippen molar-refractivity contribution in [2.24, 2.45) is 0 Å². The van der Waals surface area contributed by atoms with E-state index in [4.69, 9.17) is 0 Å². The number of hydrogen-bond donors (Lipinski definition) is 1. The lowest BCUT2D eigenvalue weighted by Crippen LogP contribution is -2.17. The Morgan fingerprint density at radius 1 is 1.33 bits per heavy atom. The summed E-state index contributed by atoms with van der Waals surface area (Å²) in [4.78, 5) is 0. The highest BCUT2D eigenvalue weighted by Crippen LogP contribution is 2.29. The fraction of sp³-hybridized carbons (Fsp3) is 0.300. The van der Waals surface area contributed by atoms with E-state index in [0.29, 0.717) is 11.4 Å². The van der Waals surface area contributed by atoms with Gasteiger partial charge in [0.15, 0.2) is 0 Å². The van der Waals surface area contributed by atoms with Gasteiger partial charge in [0.1, 0.15) is 6.33 Å². The van der Waals surface area contributed by atoms with Crippen LogP contribution in [0.2, 0.25) is 0 Å². The zero-order valence-corrected chi connectivity index (χ0v) is 10.2. The Morgan fingerprint density at radius 3 is 2.83 bits per heavy atom. The van der Waals surface area contributed by atoms with Crippen molar-refractivity contribution in [3.05, 3.63) is 30.6 Å². The van der Waals surface area contributed by atoms with Gasteiger partial charge in [-0.2, -0.15) is 0 Å². The zero-order chi connectivity index (χ0) is 12.6. The second-order valence-corrected chi connectivity index (χ2v) is 6.11. The minimum atomic E-state index is -3.24. The van der Waals surface area contributed by atoms with Crippen LogP contribution in [0.25, 0.3) is 5.69 Å². The van der Waals surface area contributed by atoms with Crippen molar-refractivity contribution >= 4 is 15.7 Å². The second-order valence-electron chi connectivity index (χ2n) is 4.15. The third kappa shape index (κ3) is 2.19. The number of hydrogen-bond acceptors (Lipinski definition) is 5. The summed E-state index contributed by atoms with van der Waals surface area (Å²) in [7, 11) is -3.24. The molecule has 0 spiro atoms. The summed E-state index contributed by atoms with van der Waals surface area (Å²) < 4.78 is 27.6. The van der Waals surface area contributed by atoms with Crippen LogP contribution in [0.4, 0.5) is 5.69 Å². The minimum absolute atomic E-state index is 0.241. The molecule has 1 aromatic carbocycles. The first-order valence-electron chi connectivity index (χ1n) is 5.50. The average Bonchev–Trinajstić information content (AvgIpc) is 3.06. The van der Waals surface area contributed by atoms with Crippen LogP contribution in [0, 0.1) is 0 Å². The highest BCUT2D eigenvalue weighted by molar-refractivity contribution is 7.93. The Labute approximate surface area is 104 Å². The largest absolute Gasteiger partial charge is 0.283 e. The summed E-state index contributed by atoms with van der Waals surface area (Å²) in [6.07, 6.45) is 2.93. The molecule has 1 N–H and O–H groups in total. The van der Waals surface area contributed by atoms with E-state index in [0.717, 1.165) is 12.8 Å². The quantitative estimate of drug-likeness (QED) is 0.872. The standard InChI is InChI=1S/C10H11N5O2S/c16-18(17,10-4-5-10)12-8-2-1-3-9(6-8)15-7-11-13-14-15/h1-3,6-7,10,12H,4-5H2. The molecule has 8 heteroatoms. The Balaban J connectivity index is 1.87.